The van der Waals surface area contributed by atoms with Crippen molar-refractivity contribution in [1.29, 1.82) is 5.41 Å². The summed E-state index contributed by atoms with van der Waals surface area (Å²) in [6.45, 7) is 5.61. The average Bonchev–Trinajstić information content (AvgIpc) is 2.89. The van der Waals surface area contributed by atoms with E-state index in [1.54, 1.807) is 0 Å². The topological polar surface area (TPSA) is 117 Å². The highest BCUT2D eigenvalue weighted by Crippen LogP contribution is 2.26. The number of anilines is 2. The molecule has 1 amide bonds. The van der Waals surface area contributed by atoms with Crippen molar-refractivity contribution in [1.82, 2.24) is 14.9 Å². The fourth-order valence-corrected chi connectivity index (χ4v) is 4.30. The molecule has 36 heavy (non-hydrogen) atoms. The third-order valence-corrected chi connectivity index (χ3v) is 6.58. The molecule has 2 aromatic carbocycles. The standard InChI is InChI=1S/C28H34N6O2/c1-3-19(2)16-24(35)34-15-7-8-21(17-34)33-28-25(27(30)31-18-32-28)26(29)20-11-13-23(14-12-20)36-22-9-5-4-6-10-22/h4-6,9-14,18-19,21,29H,3,7-8,15-17H2,1-2H3,(H3,30,31,32,33). The van der Waals surface area contributed by atoms with E-state index < -0.39 is 0 Å². The molecule has 0 aliphatic carbocycles. The SMILES string of the molecule is CCC(C)CC(=O)N1CCCC(Nc2ncnc(N)c2C(=N)c2ccc(Oc3ccccc3)cc2)C1. The maximum Gasteiger partial charge on any atom is 0.222 e. The number of nitrogens with two attached hydrogens (primary N) is 1. The largest absolute Gasteiger partial charge is 0.457 e. The van der Waals surface area contributed by atoms with E-state index in [0.717, 1.165) is 31.6 Å². The second-order valence-corrected chi connectivity index (χ2v) is 9.34. The van der Waals surface area contributed by atoms with Gasteiger partial charge in [-0.05, 0) is 55.2 Å². The summed E-state index contributed by atoms with van der Waals surface area (Å²) in [5, 5.41) is 12.3. The number of piperidine rings is 1. The number of nitrogens with one attached hydrogen (secondary N) is 2. The van der Waals surface area contributed by atoms with Crippen LogP contribution in [0.25, 0.3) is 0 Å². The van der Waals surface area contributed by atoms with Gasteiger partial charge in [0.1, 0.15) is 29.5 Å². The fourth-order valence-electron chi connectivity index (χ4n) is 4.30. The van der Waals surface area contributed by atoms with Gasteiger partial charge in [-0.25, -0.2) is 9.97 Å². The summed E-state index contributed by atoms with van der Waals surface area (Å²) in [6, 6.07) is 16.9. The Balaban J connectivity index is 1.47. The Morgan fingerprint density at radius 3 is 2.61 bits per heavy atom. The first-order valence-corrected chi connectivity index (χ1v) is 12.5. The van der Waals surface area contributed by atoms with Gasteiger partial charge in [-0.2, -0.15) is 0 Å². The summed E-state index contributed by atoms with van der Waals surface area (Å²) < 4.78 is 5.86. The van der Waals surface area contributed by atoms with Crippen LogP contribution in [0.2, 0.25) is 0 Å². The van der Waals surface area contributed by atoms with Gasteiger partial charge in [-0.3, -0.25) is 10.2 Å². The molecule has 4 rings (SSSR count). The molecule has 0 spiro atoms. The molecule has 0 bridgehead atoms. The maximum atomic E-state index is 12.7. The first-order valence-electron chi connectivity index (χ1n) is 12.5. The maximum absolute atomic E-state index is 12.7. The smallest absolute Gasteiger partial charge is 0.222 e. The van der Waals surface area contributed by atoms with Gasteiger partial charge in [0.05, 0.1) is 11.3 Å². The summed E-state index contributed by atoms with van der Waals surface area (Å²) >= 11 is 0. The molecule has 188 valence electrons. The highest BCUT2D eigenvalue weighted by molar-refractivity contribution is 6.16. The lowest BCUT2D eigenvalue weighted by Gasteiger charge is -2.34. The normalized spacial score (nSPS) is 16.3. The van der Waals surface area contributed by atoms with Crippen LogP contribution in [0, 0.1) is 11.3 Å². The molecule has 0 radical (unpaired) electrons. The van der Waals surface area contributed by atoms with Crippen LogP contribution in [-0.4, -0.2) is 45.6 Å². The van der Waals surface area contributed by atoms with E-state index in [-0.39, 0.29) is 23.5 Å². The van der Waals surface area contributed by atoms with Crippen molar-refractivity contribution in [3.63, 3.8) is 0 Å². The number of carbonyl (C=O) groups is 1. The minimum Gasteiger partial charge on any atom is -0.457 e. The van der Waals surface area contributed by atoms with Crippen LogP contribution >= 0.6 is 0 Å². The molecule has 1 aliphatic rings. The molecule has 1 aromatic heterocycles. The molecular weight excluding hydrogens is 452 g/mol. The predicted molar refractivity (Wildman–Crippen MR) is 143 cm³/mol. The lowest BCUT2D eigenvalue weighted by molar-refractivity contribution is -0.133. The van der Waals surface area contributed by atoms with Crippen molar-refractivity contribution in [2.24, 2.45) is 5.92 Å². The van der Waals surface area contributed by atoms with Crippen molar-refractivity contribution >= 4 is 23.3 Å². The van der Waals surface area contributed by atoms with E-state index in [0.29, 0.717) is 41.6 Å². The zero-order valence-corrected chi connectivity index (χ0v) is 20.9. The first-order chi connectivity index (χ1) is 17.4. The van der Waals surface area contributed by atoms with E-state index in [9.17, 15) is 4.79 Å². The molecule has 0 saturated carbocycles. The minimum absolute atomic E-state index is 0.0298. The van der Waals surface area contributed by atoms with Crippen molar-refractivity contribution in [2.45, 2.75) is 45.6 Å². The quantitative estimate of drug-likeness (QED) is 0.362. The van der Waals surface area contributed by atoms with Gasteiger partial charge in [0.2, 0.25) is 5.91 Å². The van der Waals surface area contributed by atoms with Gasteiger partial charge in [0.15, 0.2) is 0 Å². The second kappa shape index (κ2) is 11.7. The van der Waals surface area contributed by atoms with Crippen LogP contribution in [-0.2, 0) is 4.79 Å². The Bertz CT molecular complexity index is 1180. The van der Waals surface area contributed by atoms with E-state index in [1.807, 2.05) is 59.5 Å². The van der Waals surface area contributed by atoms with Crippen LogP contribution in [0.5, 0.6) is 11.5 Å². The van der Waals surface area contributed by atoms with E-state index >= 15 is 0 Å². The van der Waals surface area contributed by atoms with Crippen molar-refractivity contribution in [2.75, 3.05) is 24.1 Å². The molecular formula is C28H34N6O2. The lowest BCUT2D eigenvalue weighted by atomic mass is 10.00. The molecule has 8 heteroatoms. The van der Waals surface area contributed by atoms with Gasteiger partial charge in [0.25, 0.3) is 0 Å². The Labute approximate surface area is 212 Å². The Kier molecular flexibility index (Phi) is 8.15. The zero-order chi connectivity index (χ0) is 25.5. The summed E-state index contributed by atoms with van der Waals surface area (Å²) in [7, 11) is 0. The minimum atomic E-state index is 0.0298. The number of rotatable bonds is 9. The molecule has 3 aromatic rings. The van der Waals surface area contributed by atoms with Crippen molar-refractivity contribution < 1.29 is 9.53 Å². The molecule has 1 fully saturated rings. The number of benzene rings is 2. The Hall–Kier alpha value is -3.94. The summed E-state index contributed by atoms with van der Waals surface area (Å²) in [5.74, 6) is 2.75. The molecule has 2 atom stereocenters. The highest BCUT2D eigenvalue weighted by Gasteiger charge is 2.26. The summed E-state index contributed by atoms with van der Waals surface area (Å²) in [5.41, 5.74) is 7.58. The number of amides is 1. The highest BCUT2D eigenvalue weighted by atomic mass is 16.5. The van der Waals surface area contributed by atoms with Gasteiger partial charge in [-0.1, -0.05) is 38.5 Å². The van der Waals surface area contributed by atoms with Crippen molar-refractivity contribution in [3.05, 3.63) is 72.1 Å². The monoisotopic (exact) mass is 486 g/mol. The lowest BCUT2D eigenvalue weighted by Crippen LogP contribution is -2.45. The summed E-state index contributed by atoms with van der Waals surface area (Å²) in [6.07, 6.45) is 4.80. The Morgan fingerprint density at radius 1 is 1.17 bits per heavy atom. The average molecular weight is 487 g/mol. The number of nitrogens with zero attached hydrogens (tertiary/aromatic N) is 3. The van der Waals surface area contributed by atoms with Crippen molar-refractivity contribution in [3.8, 4) is 11.5 Å². The third kappa shape index (κ3) is 6.19. The molecule has 4 N–H and O–H groups in total. The van der Waals surface area contributed by atoms with E-state index in [2.05, 4.69) is 29.1 Å². The number of carbonyl (C=O) groups excluding carboxylic acids is 1. The van der Waals surface area contributed by atoms with E-state index in [4.69, 9.17) is 15.9 Å². The number of ether oxygens (including phenoxy) is 1. The molecule has 8 nitrogen and oxygen atoms in total. The second-order valence-electron chi connectivity index (χ2n) is 9.34. The number of hydrogen-bond donors (Lipinski definition) is 3. The predicted octanol–water partition coefficient (Wildman–Crippen LogP) is 5.11. The third-order valence-electron chi connectivity index (χ3n) is 6.58. The Morgan fingerprint density at radius 2 is 1.89 bits per heavy atom. The number of hydrogen-bond acceptors (Lipinski definition) is 7. The van der Waals surface area contributed by atoms with Crippen LogP contribution in [0.1, 0.15) is 50.7 Å². The van der Waals surface area contributed by atoms with Crippen LogP contribution in [0.4, 0.5) is 11.6 Å². The van der Waals surface area contributed by atoms with Crippen LogP contribution in [0.3, 0.4) is 0 Å². The van der Waals surface area contributed by atoms with Crippen LogP contribution in [0.15, 0.2) is 60.9 Å². The molecule has 2 heterocycles. The number of likely N-dealkylation sites (tertiary alicyclic amines) is 1. The summed E-state index contributed by atoms with van der Waals surface area (Å²) in [4.78, 5) is 23.2. The fraction of sp³-hybridized carbons (Fsp3) is 0.357. The number of para-hydroxylation sites is 1. The number of aromatic nitrogens is 2. The van der Waals surface area contributed by atoms with Gasteiger partial charge in [-0.15, -0.1) is 0 Å². The molecule has 1 aliphatic heterocycles. The van der Waals surface area contributed by atoms with Gasteiger partial charge in [0, 0.05) is 31.1 Å². The molecule has 1 saturated heterocycles. The van der Waals surface area contributed by atoms with Gasteiger partial charge < -0.3 is 20.7 Å². The zero-order valence-electron chi connectivity index (χ0n) is 20.9. The van der Waals surface area contributed by atoms with Gasteiger partial charge >= 0.3 is 0 Å². The number of nitrogen functional groups attached to an aromatic ring is 1. The van der Waals surface area contributed by atoms with Crippen LogP contribution < -0.4 is 15.8 Å². The first kappa shape index (κ1) is 25.2. The molecule has 2 unspecified atom stereocenters. The van der Waals surface area contributed by atoms with E-state index in [1.165, 1.54) is 6.33 Å².